The third-order valence-electron chi connectivity index (χ3n) is 3.85. The summed E-state index contributed by atoms with van der Waals surface area (Å²) in [5.74, 6) is 0.662. The maximum Gasteiger partial charge on any atom is 0.249 e. The summed E-state index contributed by atoms with van der Waals surface area (Å²) in [7, 11) is 3.83. The Morgan fingerprint density at radius 2 is 2.17 bits per heavy atom. The summed E-state index contributed by atoms with van der Waals surface area (Å²) in [6.45, 7) is 0.777. The first-order valence-electron chi connectivity index (χ1n) is 7.54. The van der Waals surface area contributed by atoms with Crippen molar-refractivity contribution in [2.75, 3.05) is 14.1 Å². The summed E-state index contributed by atoms with van der Waals surface area (Å²) in [5, 5.41) is 3.95. The molecule has 6 nitrogen and oxygen atoms in total. The van der Waals surface area contributed by atoms with Crippen molar-refractivity contribution >= 4 is 5.91 Å². The lowest BCUT2D eigenvalue weighted by Crippen LogP contribution is -2.27. The molecule has 1 aromatic heterocycles. The SMILES string of the molecule is CN(C)Cc1noc([C@@H]2CCC(=O)N2Cc2ccccc2F)n1. The molecule has 0 N–H and O–H groups in total. The van der Waals surface area contributed by atoms with Crippen LogP contribution in [0.2, 0.25) is 0 Å². The van der Waals surface area contributed by atoms with Crippen molar-refractivity contribution in [2.45, 2.75) is 32.0 Å². The highest BCUT2D eigenvalue weighted by Crippen LogP contribution is 2.33. The lowest BCUT2D eigenvalue weighted by Gasteiger charge is -2.22. The number of hydrogen-bond donors (Lipinski definition) is 0. The summed E-state index contributed by atoms with van der Waals surface area (Å²) < 4.78 is 19.2. The van der Waals surface area contributed by atoms with Gasteiger partial charge in [0.2, 0.25) is 11.8 Å². The molecule has 1 aromatic carbocycles. The molecule has 1 aliphatic rings. The number of carbonyl (C=O) groups excluding carboxylic acids is 1. The molecule has 1 saturated heterocycles. The number of aromatic nitrogens is 2. The van der Waals surface area contributed by atoms with Gasteiger partial charge in [0, 0.05) is 18.5 Å². The van der Waals surface area contributed by atoms with Gasteiger partial charge in [-0.25, -0.2) is 4.39 Å². The second-order valence-electron chi connectivity index (χ2n) is 5.95. The molecule has 1 fully saturated rings. The standard InChI is InChI=1S/C16H19FN4O2/c1-20(2)10-14-18-16(23-19-14)13-7-8-15(22)21(13)9-11-5-3-4-6-12(11)17/h3-6,13H,7-10H2,1-2H3/t13-/m0/s1. The number of nitrogens with zero attached hydrogens (tertiary/aromatic N) is 4. The fourth-order valence-corrected chi connectivity index (χ4v) is 2.75. The lowest BCUT2D eigenvalue weighted by molar-refractivity contribution is -0.130. The third kappa shape index (κ3) is 3.39. The van der Waals surface area contributed by atoms with Gasteiger partial charge in [-0.15, -0.1) is 0 Å². The summed E-state index contributed by atoms with van der Waals surface area (Å²) in [5.41, 5.74) is 0.487. The maximum atomic E-state index is 13.9. The van der Waals surface area contributed by atoms with Gasteiger partial charge in [0.25, 0.3) is 0 Å². The van der Waals surface area contributed by atoms with Gasteiger partial charge in [0.05, 0.1) is 6.54 Å². The minimum Gasteiger partial charge on any atom is -0.337 e. The van der Waals surface area contributed by atoms with Crippen LogP contribution in [0.25, 0.3) is 0 Å². The quantitative estimate of drug-likeness (QED) is 0.845. The first kappa shape index (κ1) is 15.6. The second-order valence-corrected chi connectivity index (χ2v) is 5.95. The summed E-state index contributed by atoms with van der Waals surface area (Å²) in [6, 6.07) is 6.19. The van der Waals surface area contributed by atoms with Crippen LogP contribution < -0.4 is 0 Å². The molecule has 0 spiro atoms. The molecule has 1 amide bonds. The van der Waals surface area contributed by atoms with Crippen LogP contribution in [0.4, 0.5) is 4.39 Å². The normalized spacial score (nSPS) is 18.2. The van der Waals surface area contributed by atoms with Crippen LogP contribution >= 0.6 is 0 Å². The number of amides is 1. The van der Waals surface area contributed by atoms with E-state index < -0.39 is 0 Å². The average molecular weight is 318 g/mol. The first-order valence-corrected chi connectivity index (χ1v) is 7.54. The van der Waals surface area contributed by atoms with E-state index in [9.17, 15) is 9.18 Å². The number of rotatable bonds is 5. The Hall–Kier alpha value is -2.28. The van der Waals surface area contributed by atoms with E-state index >= 15 is 0 Å². The van der Waals surface area contributed by atoms with Gasteiger partial charge in [-0.2, -0.15) is 4.98 Å². The van der Waals surface area contributed by atoms with Gasteiger partial charge in [0.1, 0.15) is 11.9 Å². The Balaban J connectivity index is 1.80. The molecule has 0 bridgehead atoms. The zero-order valence-electron chi connectivity index (χ0n) is 13.2. The van der Waals surface area contributed by atoms with E-state index in [0.29, 0.717) is 36.7 Å². The molecule has 1 aliphatic heterocycles. The number of carbonyl (C=O) groups is 1. The van der Waals surface area contributed by atoms with Crippen LogP contribution in [0.15, 0.2) is 28.8 Å². The molecule has 0 aliphatic carbocycles. The van der Waals surface area contributed by atoms with E-state index in [1.165, 1.54) is 6.07 Å². The zero-order chi connectivity index (χ0) is 16.4. The van der Waals surface area contributed by atoms with Crippen molar-refractivity contribution in [1.82, 2.24) is 19.9 Å². The fourth-order valence-electron chi connectivity index (χ4n) is 2.75. The Bertz CT molecular complexity index is 701. The van der Waals surface area contributed by atoms with Crippen LogP contribution in [0.3, 0.4) is 0 Å². The predicted octanol–water partition coefficient (Wildman–Crippen LogP) is 2.13. The van der Waals surface area contributed by atoms with Crippen LogP contribution in [0, 0.1) is 5.82 Å². The zero-order valence-corrected chi connectivity index (χ0v) is 13.2. The highest BCUT2D eigenvalue weighted by molar-refractivity contribution is 5.78. The summed E-state index contributed by atoms with van der Waals surface area (Å²) in [6.07, 6.45) is 1.02. The molecule has 2 aromatic rings. The van der Waals surface area contributed by atoms with Gasteiger partial charge in [-0.05, 0) is 26.6 Å². The maximum absolute atomic E-state index is 13.9. The third-order valence-corrected chi connectivity index (χ3v) is 3.85. The molecule has 0 unspecified atom stereocenters. The van der Waals surface area contributed by atoms with Gasteiger partial charge in [0.15, 0.2) is 5.82 Å². The Morgan fingerprint density at radius 1 is 1.39 bits per heavy atom. The Labute approximate surface area is 133 Å². The Kier molecular flexibility index (Phi) is 4.38. The number of halogens is 1. The molecule has 7 heteroatoms. The average Bonchev–Trinajstić information content (AvgIpc) is 3.08. The second kappa shape index (κ2) is 6.45. The van der Waals surface area contributed by atoms with E-state index in [0.717, 1.165) is 0 Å². The minimum absolute atomic E-state index is 0.0226. The molecule has 3 rings (SSSR count). The predicted molar refractivity (Wildman–Crippen MR) is 80.6 cm³/mol. The molecule has 122 valence electrons. The number of benzene rings is 1. The highest BCUT2D eigenvalue weighted by Gasteiger charge is 2.36. The van der Waals surface area contributed by atoms with Gasteiger partial charge in [-0.3, -0.25) is 4.79 Å². The molecular weight excluding hydrogens is 299 g/mol. The monoisotopic (exact) mass is 318 g/mol. The smallest absolute Gasteiger partial charge is 0.249 e. The van der Waals surface area contributed by atoms with Crippen LogP contribution in [0.5, 0.6) is 0 Å². The number of likely N-dealkylation sites (tertiary alicyclic amines) is 1. The molecule has 23 heavy (non-hydrogen) atoms. The summed E-state index contributed by atoms with van der Waals surface area (Å²) >= 11 is 0. The molecular formula is C16H19FN4O2. The molecule has 1 atom stereocenters. The number of hydrogen-bond acceptors (Lipinski definition) is 5. The fraction of sp³-hybridized carbons (Fsp3) is 0.438. The molecule has 0 saturated carbocycles. The van der Waals surface area contributed by atoms with Crippen LogP contribution in [-0.4, -0.2) is 39.9 Å². The van der Waals surface area contributed by atoms with Crippen molar-refractivity contribution in [2.24, 2.45) is 0 Å². The molecule has 0 radical (unpaired) electrons. The van der Waals surface area contributed by atoms with E-state index in [-0.39, 0.29) is 24.3 Å². The van der Waals surface area contributed by atoms with E-state index in [1.54, 1.807) is 23.1 Å². The minimum atomic E-state index is -0.315. The van der Waals surface area contributed by atoms with Gasteiger partial charge in [-0.1, -0.05) is 23.4 Å². The lowest BCUT2D eigenvalue weighted by atomic mass is 10.1. The largest absolute Gasteiger partial charge is 0.337 e. The van der Waals surface area contributed by atoms with E-state index in [4.69, 9.17) is 4.52 Å². The van der Waals surface area contributed by atoms with Crippen molar-refractivity contribution in [1.29, 1.82) is 0 Å². The van der Waals surface area contributed by atoms with Crippen molar-refractivity contribution < 1.29 is 13.7 Å². The topological polar surface area (TPSA) is 62.5 Å². The Morgan fingerprint density at radius 3 is 2.91 bits per heavy atom. The summed E-state index contributed by atoms with van der Waals surface area (Å²) in [4.78, 5) is 20.1. The van der Waals surface area contributed by atoms with Gasteiger partial charge < -0.3 is 14.3 Å². The van der Waals surface area contributed by atoms with Crippen LogP contribution in [0.1, 0.15) is 36.2 Å². The molecule has 2 heterocycles. The van der Waals surface area contributed by atoms with Crippen molar-refractivity contribution in [3.63, 3.8) is 0 Å². The van der Waals surface area contributed by atoms with E-state index in [2.05, 4.69) is 10.1 Å². The van der Waals surface area contributed by atoms with Crippen molar-refractivity contribution in [3.8, 4) is 0 Å². The van der Waals surface area contributed by atoms with Crippen molar-refractivity contribution in [3.05, 3.63) is 47.4 Å². The van der Waals surface area contributed by atoms with Gasteiger partial charge >= 0.3 is 0 Å². The van der Waals surface area contributed by atoms with E-state index in [1.807, 2.05) is 19.0 Å². The highest BCUT2D eigenvalue weighted by atomic mass is 19.1. The first-order chi connectivity index (χ1) is 11.0. The van der Waals surface area contributed by atoms with Crippen LogP contribution in [-0.2, 0) is 17.9 Å².